The summed E-state index contributed by atoms with van der Waals surface area (Å²) in [4.78, 5) is 23.0. The maximum atomic E-state index is 11.7. The Morgan fingerprint density at radius 3 is 2.61 bits per heavy atom. The summed E-state index contributed by atoms with van der Waals surface area (Å²) in [5, 5.41) is 2.66. The van der Waals surface area contributed by atoms with Crippen LogP contribution in [0.5, 0.6) is 0 Å². The summed E-state index contributed by atoms with van der Waals surface area (Å²) in [5.41, 5.74) is 0.545. The molecule has 0 fully saturated rings. The minimum absolute atomic E-state index is 0.313. The van der Waals surface area contributed by atoms with Gasteiger partial charge in [-0.05, 0) is 26.8 Å². The number of rotatable bonds is 3. The average molecular weight is 252 g/mol. The van der Waals surface area contributed by atoms with Crippen molar-refractivity contribution in [1.29, 1.82) is 0 Å². The molecular formula is C13H18NO4. The standard InChI is InChI=1S/C13H18NO4/c1-5-18-11(15)10-6-9(2)7-13(3,8-10)14-12(16)17-4/h6-8H,5H2,1-4H3,(H,14,16). The Hall–Kier alpha value is -1.78. The van der Waals surface area contributed by atoms with Crippen molar-refractivity contribution in [2.24, 2.45) is 0 Å². The summed E-state index contributed by atoms with van der Waals surface area (Å²) in [6.45, 7) is 5.69. The first-order chi connectivity index (χ1) is 8.40. The fourth-order valence-electron chi connectivity index (χ4n) is 1.84. The molecule has 5 nitrogen and oxygen atoms in total. The number of carbonyl (C=O) groups excluding carboxylic acids is 2. The fraction of sp³-hybridized carbons (Fsp3) is 0.462. The van der Waals surface area contributed by atoms with Crippen LogP contribution < -0.4 is 5.32 Å². The fourth-order valence-corrected chi connectivity index (χ4v) is 1.84. The molecule has 0 bridgehead atoms. The highest BCUT2D eigenvalue weighted by Gasteiger charge is 2.29. The summed E-state index contributed by atoms with van der Waals surface area (Å²) < 4.78 is 9.51. The molecule has 1 unspecified atom stereocenters. The van der Waals surface area contributed by atoms with Gasteiger partial charge in [0.15, 0.2) is 0 Å². The van der Waals surface area contributed by atoms with Gasteiger partial charge in [0, 0.05) is 12.0 Å². The lowest BCUT2D eigenvalue weighted by Gasteiger charge is -2.28. The van der Waals surface area contributed by atoms with Gasteiger partial charge in [-0.3, -0.25) is 0 Å². The number of hydrogen-bond donors (Lipinski definition) is 1. The van der Waals surface area contributed by atoms with E-state index in [1.807, 2.05) is 13.0 Å². The van der Waals surface area contributed by atoms with Gasteiger partial charge in [-0.2, -0.15) is 0 Å². The average Bonchev–Trinajstić information content (AvgIpc) is 2.27. The van der Waals surface area contributed by atoms with Crippen molar-refractivity contribution in [3.05, 3.63) is 29.7 Å². The van der Waals surface area contributed by atoms with Crippen LogP contribution in [0.1, 0.15) is 20.8 Å². The third-order valence-corrected chi connectivity index (χ3v) is 2.43. The van der Waals surface area contributed by atoms with Gasteiger partial charge in [0.1, 0.15) is 0 Å². The molecule has 0 spiro atoms. The van der Waals surface area contributed by atoms with E-state index in [1.165, 1.54) is 7.11 Å². The highest BCUT2D eigenvalue weighted by molar-refractivity contribution is 5.92. The van der Waals surface area contributed by atoms with Crippen LogP contribution >= 0.6 is 0 Å². The minimum Gasteiger partial charge on any atom is -0.463 e. The monoisotopic (exact) mass is 252 g/mol. The van der Waals surface area contributed by atoms with Crippen LogP contribution in [0, 0.1) is 6.42 Å². The van der Waals surface area contributed by atoms with Crippen molar-refractivity contribution in [3.63, 3.8) is 0 Å². The van der Waals surface area contributed by atoms with E-state index in [-0.39, 0.29) is 0 Å². The molecule has 18 heavy (non-hydrogen) atoms. The van der Waals surface area contributed by atoms with Crippen molar-refractivity contribution < 1.29 is 19.1 Å². The van der Waals surface area contributed by atoms with Crippen LogP contribution in [0.25, 0.3) is 0 Å². The molecule has 0 aromatic heterocycles. The molecule has 1 atom stereocenters. The van der Waals surface area contributed by atoms with Crippen LogP contribution in [0.15, 0.2) is 23.3 Å². The van der Waals surface area contributed by atoms with Crippen molar-refractivity contribution in [1.82, 2.24) is 5.32 Å². The number of allylic oxidation sites excluding steroid dienone is 1. The second-order valence-corrected chi connectivity index (χ2v) is 4.25. The zero-order valence-corrected chi connectivity index (χ0v) is 11.1. The second kappa shape index (κ2) is 5.71. The zero-order valence-electron chi connectivity index (χ0n) is 11.1. The maximum absolute atomic E-state index is 11.7. The Morgan fingerprint density at radius 1 is 1.39 bits per heavy atom. The van der Waals surface area contributed by atoms with Gasteiger partial charge in [-0.15, -0.1) is 0 Å². The number of esters is 1. The first kappa shape index (κ1) is 14.3. The zero-order chi connectivity index (χ0) is 13.8. The number of carbonyl (C=O) groups is 2. The third kappa shape index (κ3) is 3.61. The lowest BCUT2D eigenvalue weighted by atomic mass is 9.87. The molecule has 5 heteroatoms. The molecule has 1 amide bonds. The SMILES string of the molecule is CCOC(=O)C1=CC(C)(NC(=O)OC)C=C(C)[CH]1. The minimum atomic E-state index is -0.756. The second-order valence-electron chi connectivity index (χ2n) is 4.25. The Labute approximate surface area is 107 Å². The van der Waals surface area contributed by atoms with Gasteiger partial charge in [-0.1, -0.05) is 11.6 Å². The number of nitrogens with one attached hydrogen (secondary N) is 1. The molecule has 1 N–H and O–H groups in total. The number of amides is 1. The van der Waals surface area contributed by atoms with E-state index < -0.39 is 17.6 Å². The molecule has 1 aliphatic carbocycles. The maximum Gasteiger partial charge on any atom is 0.407 e. The topological polar surface area (TPSA) is 64.6 Å². The molecule has 99 valence electrons. The van der Waals surface area contributed by atoms with Gasteiger partial charge in [0.05, 0.1) is 19.3 Å². The Morgan fingerprint density at radius 2 is 2.06 bits per heavy atom. The molecule has 1 rings (SSSR count). The number of ether oxygens (including phenoxy) is 2. The van der Waals surface area contributed by atoms with Crippen molar-refractivity contribution in [3.8, 4) is 0 Å². The van der Waals surface area contributed by atoms with Crippen LogP contribution in [0.2, 0.25) is 0 Å². The molecule has 1 radical (unpaired) electrons. The molecule has 1 aliphatic rings. The third-order valence-electron chi connectivity index (χ3n) is 2.43. The van der Waals surface area contributed by atoms with E-state index >= 15 is 0 Å². The molecule has 0 heterocycles. The molecule has 0 aliphatic heterocycles. The highest BCUT2D eigenvalue weighted by atomic mass is 16.5. The molecular weight excluding hydrogens is 234 g/mol. The van der Waals surface area contributed by atoms with Gasteiger partial charge >= 0.3 is 12.1 Å². The predicted molar refractivity (Wildman–Crippen MR) is 66.7 cm³/mol. The van der Waals surface area contributed by atoms with Crippen LogP contribution in [-0.2, 0) is 14.3 Å². The summed E-state index contributed by atoms with van der Waals surface area (Å²) in [6, 6.07) is 0. The van der Waals surface area contributed by atoms with E-state index in [4.69, 9.17) is 4.74 Å². The summed E-state index contributed by atoms with van der Waals surface area (Å²) in [7, 11) is 1.29. The largest absolute Gasteiger partial charge is 0.463 e. The summed E-state index contributed by atoms with van der Waals surface area (Å²) >= 11 is 0. The lowest BCUT2D eigenvalue weighted by Crippen LogP contribution is -2.44. The van der Waals surface area contributed by atoms with E-state index in [1.54, 1.807) is 26.3 Å². The lowest BCUT2D eigenvalue weighted by molar-refractivity contribution is -0.138. The van der Waals surface area contributed by atoms with Crippen molar-refractivity contribution in [2.75, 3.05) is 13.7 Å². The van der Waals surface area contributed by atoms with Gasteiger partial charge in [0.2, 0.25) is 0 Å². The number of hydrogen-bond acceptors (Lipinski definition) is 4. The first-order valence-electron chi connectivity index (χ1n) is 5.70. The first-order valence-corrected chi connectivity index (χ1v) is 5.70. The van der Waals surface area contributed by atoms with Crippen LogP contribution in [0.3, 0.4) is 0 Å². The predicted octanol–water partition coefficient (Wildman–Crippen LogP) is 1.75. The highest BCUT2D eigenvalue weighted by Crippen LogP contribution is 2.25. The smallest absolute Gasteiger partial charge is 0.407 e. The Balaban J connectivity index is 2.92. The van der Waals surface area contributed by atoms with Crippen LogP contribution in [0.4, 0.5) is 4.79 Å². The van der Waals surface area contributed by atoms with Gasteiger partial charge in [-0.25, -0.2) is 9.59 Å². The van der Waals surface area contributed by atoms with Crippen LogP contribution in [-0.4, -0.2) is 31.3 Å². The number of alkyl carbamates (subject to hydrolysis) is 1. The molecule has 0 aromatic carbocycles. The molecule has 0 aromatic rings. The molecule has 0 saturated heterocycles. The normalized spacial score (nSPS) is 22.7. The van der Waals surface area contributed by atoms with E-state index in [9.17, 15) is 9.59 Å². The summed E-state index contributed by atoms with van der Waals surface area (Å²) in [6.07, 6.45) is 4.66. The van der Waals surface area contributed by atoms with Gasteiger partial charge < -0.3 is 14.8 Å². The van der Waals surface area contributed by atoms with E-state index in [2.05, 4.69) is 10.1 Å². The summed E-state index contributed by atoms with van der Waals surface area (Å²) in [5.74, 6) is -0.400. The Bertz CT molecular complexity index is 411. The quantitative estimate of drug-likeness (QED) is 0.777. The van der Waals surface area contributed by atoms with E-state index in [0.717, 1.165) is 5.57 Å². The molecule has 0 saturated carbocycles. The van der Waals surface area contributed by atoms with Crippen molar-refractivity contribution >= 4 is 12.1 Å². The Kier molecular flexibility index (Phi) is 4.53. The van der Waals surface area contributed by atoms with Crippen molar-refractivity contribution in [2.45, 2.75) is 26.3 Å². The number of methoxy groups -OCH3 is 1. The van der Waals surface area contributed by atoms with E-state index in [0.29, 0.717) is 12.2 Å². The van der Waals surface area contributed by atoms with Gasteiger partial charge in [0.25, 0.3) is 0 Å².